The number of hydrogen-bond acceptors (Lipinski definition) is 1. The van der Waals surface area contributed by atoms with Gasteiger partial charge in [-0.2, -0.15) is 0 Å². The quantitative estimate of drug-likeness (QED) is 0.390. The van der Waals surface area contributed by atoms with Crippen molar-refractivity contribution >= 4 is 5.84 Å². The zero-order valence-electron chi connectivity index (χ0n) is 9.52. The fourth-order valence-electron chi connectivity index (χ4n) is 2.24. The Hall–Kier alpha value is -1.05. The zero-order valence-corrected chi connectivity index (χ0v) is 9.52. The first-order chi connectivity index (χ1) is 7.11. The minimum atomic E-state index is 0.0564. The Labute approximate surface area is 92.8 Å². The fraction of sp³-hybridized carbons (Fsp3) is 0.615. The van der Waals surface area contributed by atoms with Gasteiger partial charge >= 0.3 is 0 Å². The van der Waals surface area contributed by atoms with Gasteiger partial charge < -0.3 is 5.73 Å². The van der Waals surface area contributed by atoms with Crippen molar-refractivity contribution < 1.29 is 0 Å². The molecule has 0 aromatic rings. The van der Waals surface area contributed by atoms with Crippen molar-refractivity contribution in [1.29, 1.82) is 5.41 Å². The summed E-state index contributed by atoms with van der Waals surface area (Å²) in [5.41, 5.74) is 6.90. The minimum absolute atomic E-state index is 0.0564. The predicted octanol–water partition coefficient (Wildman–Crippen LogP) is 3.40. The summed E-state index contributed by atoms with van der Waals surface area (Å²) < 4.78 is 0. The number of nitrogens with one attached hydrogen (secondary N) is 1. The van der Waals surface area contributed by atoms with Gasteiger partial charge in [-0.15, -0.1) is 0 Å². The molecule has 0 aromatic heterocycles. The molecule has 1 saturated carbocycles. The topological polar surface area (TPSA) is 49.9 Å². The summed E-state index contributed by atoms with van der Waals surface area (Å²) in [4.78, 5) is 0. The summed E-state index contributed by atoms with van der Waals surface area (Å²) in [5, 5.41) is 7.25. The third-order valence-electron chi connectivity index (χ3n) is 3.32. The van der Waals surface area contributed by atoms with E-state index in [1.807, 2.05) is 0 Å². The third-order valence-corrected chi connectivity index (χ3v) is 3.32. The standard InChI is InChI=1S/C13H22N2/c1-10(11(2)13(14)15)6-5-9-12-7-3-4-8-12/h12H,1-9H2,(H3,14,15). The van der Waals surface area contributed by atoms with Crippen molar-refractivity contribution in [3.63, 3.8) is 0 Å². The first kappa shape index (κ1) is 12.0. The Morgan fingerprint density at radius 1 is 1.27 bits per heavy atom. The molecule has 0 aliphatic heterocycles. The first-order valence-electron chi connectivity index (χ1n) is 5.82. The lowest BCUT2D eigenvalue weighted by Gasteiger charge is -2.10. The fourth-order valence-corrected chi connectivity index (χ4v) is 2.24. The van der Waals surface area contributed by atoms with Crippen LogP contribution < -0.4 is 5.73 Å². The summed E-state index contributed by atoms with van der Waals surface area (Å²) >= 11 is 0. The van der Waals surface area contributed by atoms with Crippen molar-refractivity contribution in [2.24, 2.45) is 11.7 Å². The highest BCUT2D eigenvalue weighted by molar-refractivity contribution is 5.97. The summed E-state index contributed by atoms with van der Waals surface area (Å²) in [6, 6.07) is 0. The van der Waals surface area contributed by atoms with E-state index >= 15 is 0 Å². The van der Waals surface area contributed by atoms with Crippen molar-refractivity contribution in [2.75, 3.05) is 0 Å². The molecule has 1 rings (SSSR count). The van der Waals surface area contributed by atoms with Gasteiger partial charge in [0.2, 0.25) is 0 Å². The van der Waals surface area contributed by atoms with Crippen molar-refractivity contribution in [3.8, 4) is 0 Å². The average Bonchev–Trinajstić information content (AvgIpc) is 2.69. The molecule has 2 heteroatoms. The van der Waals surface area contributed by atoms with E-state index in [-0.39, 0.29) is 5.84 Å². The maximum Gasteiger partial charge on any atom is 0.122 e. The summed E-state index contributed by atoms with van der Waals surface area (Å²) in [7, 11) is 0. The van der Waals surface area contributed by atoms with Gasteiger partial charge in [-0.05, 0) is 24.3 Å². The summed E-state index contributed by atoms with van der Waals surface area (Å²) in [6.45, 7) is 7.68. The van der Waals surface area contributed by atoms with Gasteiger partial charge in [0.1, 0.15) is 5.84 Å². The molecule has 0 atom stereocenters. The second-order valence-electron chi connectivity index (χ2n) is 4.54. The van der Waals surface area contributed by atoms with Crippen LogP contribution in [-0.4, -0.2) is 5.84 Å². The summed E-state index contributed by atoms with van der Waals surface area (Å²) in [5.74, 6) is 0.990. The first-order valence-corrected chi connectivity index (χ1v) is 5.82. The second kappa shape index (κ2) is 5.74. The lowest BCUT2D eigenvalue weighted by Crippen LogP contribution is -2.13. The minimum Gasteiger partial charge on any atom is -0.384 e. The van der Waals surface area contributed by atoms with E-state index in [1.54, 1.807) is 0 Å². The van der Waals surface area contributed by atoms with Crippen LogP contribution in [0.3, 0.4) is 0 Å². The monoisotopic (exact) mass is 206 g/mol. The van der Waals surface area contributed by atoms with E-state index in [4.69, 9.17) is 11.1 Å². The van der Waals surface area contributed by atoms with Crippen LogP contribution in [0.5, 0.6) is 0 Å². The number of nitrogens with two attached hydrogens (primary N) is 1. The zero-order chi connectivity index (χ0) is 11.3. The van der Waals surface area contributed by atoms with Crippen molar-refractivity contribution in [2.45, 2.75) is 44.9 Å². The highest BCUT2D eigenvalue weighted by Gasteiger charge is 2.14. The van der Waals surface area contributed by atoms with E-state index in [0.29, 0.717) is 5.57 Å². The van der Waals surface area contributed by atoms with Gasteiger partial charge in [0.15, 0.2) is 0 Å². The smallest absolute Gasteiger partial charge is 0.122 e. The van der Waals surface area contributed by atoms with E-state index < -0.39 is 0 Å². The molecule has 15 heavy (non-hydrogen) atoms. The van der Waals surface area contributed by atoms with Crippen molar-refractivity contribution in [3.05, 3.63) is 24.3 Å². The van der Waals surface area contributed by atoms with Gasteiger partial charge in [-0.1, -0.05) is 45.3 Å². The number of rotatable bonds is 6. The molecule has 0 spiro atoms. The third kappa shape index (κ3) is 3.90. The maximum atomic E-state index is 7.25. The van der Waals surface area contributed by atoms with Gasteiger partial charge in [0.05, 0.1) is 0 Å². The predicted molar refractivity (Wildman–Crippen MR) is 66.0 cm³/mol. The van der Waals surface area contributed by atoms with E-state index in [0.717, 1.165) is 24.3 Å². The average molecular weight is 206 g/mol. The molecule has 1 fully saturated rings. The Morgan fingerprint density at radius 3 is 2.40 bits per heavy atom. The van der Waals surface area contributed by atoms with Crippen LogP contribution in [-0.2, 0) is 0 Å². The van der Waals surface area contributed by atoms with Crippen LogP contribution in [0.4, 0.5) is 0 Å². The molecule has 0 radical (unpaired) electrons. The van der Waals surface area contributed by atoms with Crippen LogP contribution in [0, 0.1) is 11.3 Å². The van der Waals surface area contributed by atoms with Crippen LogP contribution in [0.25, 0.3) is 0 Å². The van der Waals surface area contributed by atoms with Crippen LogP contribution in [0.2, 0.25) is 0 Å². The van der Waals surface area contributed by atoms with E-state index in [1.165, 1.54) is 32.1 Å². The van der Waals surface area contributed by atoms with Gasteiger partial charge in [0, 0.05) is 5.57 Å². The molecule has 3 N–H and O–H groups in total. The maximum absolute atomic E-state index is 7.25. The number of hydrogen-bond donors (Lipinski definition) is 2. The normalized spacial score (nSPS) is 16.5. The van der Waals surface area contributed by atoms with Crippen LogP contribution in [0.15, 0.2) is 24.3 Å². The Bertz CT molecular complexity index is 260. The Kier molecular flexibility index (Phi) is 4.60. The lowest BCUT2D eigenvalue weighted by atomic mass is 9.96. The van der Waals surface area contributed by atoms with Crippen LogP contribution >= 0.6 is 0 Å². The SMILES string of the molecule is C=C(CCCC1CCCC1)C(=C)C(=N)N. The molecular formula is C13H22N2. The second-order valence-corrected chi connectivity index (χ2v) is 4.54. The van der Waals surface area contributed by atoms with Gasteiger partial charge in [0.25, 0.3) is 0 Å². The highest BCUT2D eigenvalue weighted by atomic mass is 14.7. The highest BCUT2D eigenvalue weighted by Crippen LogP contribution is 2.29. The lowest BCUT2D eigenvalue weighted by molar-refractivity contribution is 0.484. The van der Waals surface area contributed by atoms with E-state index in [2.05, 4.69) is 13.2 Å². The number of amidine groups is 1. The van der Waals surface area contributed by atoms with Gasteiger partial charge in [-0.25, -0.2) is 0 Å². The molecule has 1 aliphatic rings. The Balaban J connectivity index is 2.16. The molecule has 0 amide bonds. The van der Waals surface area contributed by atoms with Gasteiger partial charge in [-0.3, -0.25) is 5.41 Å². The van der Waals surface area contributed by atoms with E-state index in [9.17, 15) is 0 Å². The molecule has 0 aromatic carbocycles. The largest absolute Gasteiger partial charge is 0.384 e. The molecule has 0 bridgehead atoms. The Morgan fingerprint density at radius 2 is 1.87 bits per heavy atom. The van der Waals surface area contributed by atoms with Crippen molar-refractivity contribution in [1.82, 2.24) is 0 Å². The molecule has 0 saturated heterocycles. The molecular weight excluding hydrogens is 184 g/mol. The summed E-state index contributed by atoms with van der Waals surface area (Å²) in [6.07, 6.45) is 9.02. The molecule has 0 unspecified atom stereocenters. The molecule has 1 aliphatic carbocycles. The van der Waals surface area contributed by atoms with Crippen LogP contribution in [0.1, 0.15) is 44.9 Å². The molecule has 2 nitrogen and oxygen atoms in total. The molecule has 0 heterocycles. The molecule has 84 valence electrons.